The molecule has 1 aromatic heterocycles. The summed E-state index contributed by atoms with van der Waals surface area (Å²) in [5.74, 6) is 0. The van der Waals surface area contributed by atoms with Gasteiger partial charge < -0.3 is 10.2 Å². The number of nitrogens with zero attached hydrogens (tertiary/aromatic N) is 2. The fraction of sp³-hybridized carbons (Fsp3) is 0.353. The van der Waals surface area contributed by atoms with Gasteiger partial charge in [-0.15, -0.1) is 0 Å². The van der Waals surface area contributed by atoms with Crippen molar-refractivity contribution in [3.63, 3.8) is 0 Å². The van der Waals surface area contributed by atoms with E-state index in [1.54, 1.807) is 6.20 Å². The van der Waals surface area contributed by atoms with Crippen molar-refractivity contribution in [2.45, 2.75) is 13.3 Å². The molecule has 0 aliphatic heterocycles. The molecular formula is C17H27N3. The molecule has 110 valence electrons. The van der Waals surface area contributed by atoms with E-state index in [2.05, 4.69) is 42.0 Å². The van der Waals surface area contributed by atoms with Crippen molar-refractivity contribution >= 4 is 5.57 Å². The molecule has 0 unspecified atom stereocenters. The molecule has 0 saturated carbocycles. The van der Waals surface area contributed by atoms with Crippen LogP contribution in [0.3, 0.4) is 0 Å². The summed E-state index contributed by atoms with van der Waals surface area (Å²) in [6, 6.07) is 5.92. The number of rotatable bonds is 8. The Morgan fingerprint density at radius 3 is 2.80 bits per heavy atom. The van der Waals surface area contributed by atoms with E-state index in [0.717, 1.165) is 36.5 Å². The molecule has 0 bridgehead atoms. The standard InChI is InChI=1S/C17H25N3.H2/c1-5-16(17-9-6-7-12-19-17)11-10-15(2)18-13-8-14-20(3)4;/h5-7,9-12,18H,2,8,13-14H2,1,3-4H3;1H/b11-10-,16-5+;. The topological polar surface area (TPSA) is 28.2 Å². The van der Waals surface area contributed by atoms with Gasteiger partial charge in [0.15, 0.2) is 0 Å². The molecule has 1 N–H and O–H groups in total. The summed E-state index contributed by atoms with van der Waals surface area (Å²) in [6.45, 7) is 8.05. The SMILES string of the molecule is C=C(/C=C\C(=C/C)c1ccccn1)NCCCN(C)C.[HH]. The van der Waals surface area contributed by atoms with Gasteiger partial charge in [-0.05, 0) is 57.8 Å². The van der Waals surface area contributed by atoms with Crippen molar-refractivity contribution < 1.29 is 1.43 Å². The number of hydrogen-bond donors (Lipinski definition) is 1. The van der Waals surface area contributed by atoms with Crippen molar-refractivity contribution in [3.8, 4) is 0 Å². The minimum absolute atomic E-state index is 0. The molecule has 0 atom stereocenters. The number of hydrogen-bond acceptors (Lipinski definition) is 3. The van der Waals surface area contributed by atoms with Gasteiger partial charge in [0.2, 0.25) is 0 Å². The Morgan fingerprint density at radius 1 is 1.40 bits per heavy atom. The second-order valence-electron chi connectivity index (χ2n) is 4.90. The number of nitrogens with one attached hydrogen (secondary N) is 1. The van der Waals surface area contributed by atoms with Crippen molar-refractivity contribution in [2.75, 3.05) is 27.2 Å². The highest BCUT2D eigenvalue weighted by Crippen LogP contribution is 2.12. The van der Waals surface area contributed by atoms with Gasteiger partial charge in [0, 0.05) is 19.9 Å². The maximum atomic E-state index is 4.35. The molecule has 0 amide bonds. The van der Waals surface area contributed by atoms with E-state index in [9.17, 15) is 0 Å². The van der Waals surface area contributed by atoms with E-state index in [0.29, 0.717) is 0 Å². The quantitative estimate of drug-likeness (QED) is 0.581. The number of allylic oxidation sites excluding steroid dienone is 4. The maximum absolute atomic E-state index is 4.35. The molecule has 0 aromatic carbocycles. The molecule has 0 aliphatic rings. The first-order chi connectivity index (χ1) is 9.63. The Hall–Kier alpha value is -1.87. The highest BCUT2D eigenvalue weighted by Gasteiger charge is 1.97. The molecule has 20 heavy (non-hydrogen) atoms. The molecule has 0 spiro atoms. The highest BCUT2D eigenvalue weighted by molar-refractivity contribution is 5.71. The van der Waals surface area contributed by atoms with E-state index in [1.807, 2.05) is 37.3 Å². The predicted molar refractivity (Wildman–Crippen MR) is 89.5 cm³/mol. The molecule has 0 fully saturated rings. The minimum atomic E-state index is 0. The Labute approximate surface area is 124 Å². The first-order valence-electron chi connectivity index (χ1n) is 6.96. The van der Waals surface area contributed by atoms with Crippen LogP contribution in [0.1, 0.15) is 20.5 Å². The molecule has 3 heteroatoms. The van der Waals surface area contributed by atoms with Crippen LogP contribution in [0, 0.1) is 0 Å². The van der Waals surface area contributed by atoms with Gasteiger partial charge in [0.05, 0.1) is 5.69 Å². The lowest BCUT2D eigenvalue weighted by Crippen LogP contribution is -2.20. The lowest BCUT2D eigenvalue weighted by Gasteiger charge is -2.10. The summed E-state index contributed by atoms with van der Waals surface area (Å²) in [6.07, 6.45) is 9.01. The van der Waals surface area contributed by atoms with Crippen LogP contribution in [0.4, 0.5) is 0 Å². The van der Waals surface area contributed by atoms with Crippen molar-refractivity contribution in [1.82, 2.24) is 15.2 Å². The first kappa shape index (κ1) is 16.2. The molecule has 1 rings (SSSR count). The van der Waals surface area contributed by atoms with Gasteiger partial charge in [-0.1, -0.05) is 24.8 Å². The number of aromatic nitrogens is 1. The Kier molecular flexibility index (Phi) is 7.36. The van der Waals surface area contributed by atoms with E-state index >= 15 is 0 Å². The van der Waals surface area contributed by atoms with Gasteiger partial charge in [-0.25, -0.2) is 0 Å². The van der Waals surface area contributed by atoms with E-state index in [-0.39, 0.29) is 1.43 Å². The van der Waals surface area contributed by atoms with E-state index < -0.39 is 0 Å². The molecular weight excluding hydrogens is 246 g/mol. The van der Waals surface area contributed by atoms with Crippen LogP contribution in [0.25, 0.3) is 5.57 Å². The zero-order chi connectivity index (χ0) is 14.8. The third kappa shape index (κ3) is 6.34. The molecule has 1 aromatic rings. The van der Waals surface area contributed by atoms with Crippen LogP contribution >= 0.6 is 0 Å². The normalized spacial score (nSPS) is 12.1. The van der Waals surface area contributed by atoms with Crippen molar-refractivity contribution in [1.29, 1.82) is 0 Å². The van der Waals surface area contributed by atoms with Crippen LogP contribution in [-0.4, -0.2) is 37.1 Å². The molecule has 3 nitrogen and oxygen atoms in total. The zero-order valence-corrected chi connectivity index (χ0v) is 12.8. The van der Waals surface area contributed by atoms with Gasteiger partial charge in [-0.2, -0.15) is 0 Å². The lowest BCUT2D eigenvalue weighted by atomic mass is 10.1. The van der Waals surface area contributed by atoms with E-state index in [4.69, 9.17) is 0 Å². The first-order valence-corrected chi connectivity index (χ1v) is 6.96. The van der Waals surface area contributed by atoms with Crippen molar-refractivity contribution in [2.24, 2.45) is 0 Å². The third-order valence-corrected chi connectivity index (χ3v) is 2.87. The summed E-state index contributed by atoms with van der Waals surface area (Å²) in [7, 11) is 4.17. The molecule has 0 radical (unpaired) electrons. The van der Waals surface area contributed by atoms with Gasteiger partial charge in [0.1, 0.15) is 0 Å². The lowest BCUT2D eigenvalue weighted by molar-refractivity contribution is 0.398. The van der Waals surface area contributed by atoms with Gasteiger partial charge in [0.25, 0.3) is 0 Å². The second kappa shape index (κ2) is 9.10. The van der Waals surface area contributed by atoms with Crippen molar-refractivity contribution in [3.05, 3.63) is 60.6 Å². The summed E-state index contributed by atoms with van der Waals surface area (Å²) >= 11 is 0. The highest BCUT2D eigenvalue weighted by atomic mass is 15.1. The Balaban J connectivity index is 0.00000400. The number of pyridine rings is 1. The second-order valence-corrected chi connectivity index (χ2v) is 4.90. The Morgan fingerprint density at radius 2 is 2.20 bits per heavy atom. The third-order valence-electron chi connectivity index (χ3n) is 2.87. The fourth-order valence-electron chi connectivity index (χ4n) is 1.76. The van der Waals surface area contributed by atoms with Gasteiger partial charge in [-0.3, -0.25) is 4.98 Å². The van der Waals surface area contributed by atoms with Crippen LogP contribution in [0.15, 0.2) is 54.9 Å². The zero-order valence-electron chi connectivity index (χ0n) is 12.8. The monoisotopic (exact) mass is 273 g/mol. The smallest absolute Gasteiger partial charge is 0.0698 e. The van der Waals surface area contributed by atoms with Crippen LogP contribution in [0.5, 0.6) is 0 Å². The average Bonchev–Trinajstić information content (AvgIpc) is 2.45. The van der Waals surface area contributed by atoms with Gasteiger partial charge >= 0.3 is 0 Å². The van der Waals surface area contributed by atoms with Crippen LogP contribution in [0.2, 0.25) is 0 Å². The summed E-state index contributed by atoms with van der Waals surface area (Å²) in [4.78, 5) is 6.53. The minimum Gasteiger partial charge on any atom is -0.385 e. The molecule has 1 heterocycles. The molecule has 0 aliphatic carbocycles. The summed E-state index contributed by atoms with van der Waals surface area (Å²) < 4.78 is 0. The largest absolute Gasteiger partial charge is 0.385 e. The Bertz CT molecular complexity index is 464. The maximum Gasteiger partial charge on any atom is 0.0698 e. The fourth-order valence-corrected chi connectivity index (χ4v) is 1.76. The predicted octanol–water partition coefficient (Wildman–Crippen LogP) is 3.34. The molecule has 0 saturated heterocycles. The summed E-state index contributed by atoms with van der Waals surface area (Å²) in [5.41, 5.74) is 3.01. The summed E-state index contributed by atoms with van der Waals surface area (Å²) in [5, 5.41) is 3.31. The average molecular weight is 273 g/mol. The van der Waals surface area contributed by atoms with Crippen LogP contribution < -0.4 is 5.32 Å². The van der Waals surface area contributed by atoms with Crippen LogP contribution in [-0.2, 0) is 0 Å². The van der Waals surface area contributed by atoms with E-state index in [1.165, 1.54) is 0 Å².